The van der Waals surface area contributed by atoms with Gasteiger partial charge in [0.25, 0.3) is 0 Å². The van der Waals surface area contributed by atoms with Crippen LogP contribution in [0.2, 0.25) is 0 Å². The van der Waals surface area contributed by atoms with E-state index in [1.807, 2.05) is 45.0 Å². The number of hydrogen-bond donors (Lipinski definition) is 3. The van der Waals surface area contributed by atoms with E-state index < -0.39 is 10.0 Å². The maximum Gasteiger partial charge on any atom is 0.240 e. The first-order valence-electron chi connectivity index (χ1n) is 8.48. The summed E-state index contributed by atoms with van der Waals surface area (Å²) in [4.78, 5) is 4.53. The molecule has 0 amide bonds. The number of hydrogen-bond acceptors (Lipinski definition) is 3. The molecule has 2 aromatic carbocycles. The molecular weight excluding hydrogens is 475 g/mol. The van der Waals surface area contributed by atoms with Gasteiger partial charge in [-0.1, -0.05) is 43.7 Å². The predicted molar refractivity (Wildman–Crippen MR) is 122 cm³/mol. The molecule has 2 aromatic rings. The molecule has 0 aliphatic heterocycles. The van der Waals surface area contributed by atoms with Crippen molar-refractivity contribution in [2.45, 2.75) is 32.2 Å². The summed E-state index contributed by atoms with van der Waals surface area (Å²) in [7, 11) is -3.47. The second-order valence-electron chi connectivity index (χ2n) is 6.58. The molecule has 0 radical (unpaired) electrons. The van der Waals surface area contributed by atoms with Crippen LogP contribution >= 0.6 is 24.0 Å². The Morgan fingerprint density at radius 2 is 1.67 bits per heavy atom. The highest BCUT2D eigenvalue weighted by Crippen LogP contribution is 2.12. The first kappa shape index (κ1) is 23.4. The number of nitrogens with one attached hydrogen (secondary N) is 2. The van der Waals surface area contributed by atoms with Crippen LogP contribution in [0.4, 0.5) is 5.69 Å². The standard InChI is InChI=1S/C19H26N4O2S.HI/c1-14(2)12-22-26(24,25)18-10-6-16(7-11-18)13-21-19(20)23-17-8-4-15(3)5-9-17;/h4-11,14,22H,12-13H2,1-3H3,(H3,20,21,23);1H. The quantitative estimate of drug-likeness (QED) is 0.307. The van der Waals surface area contributed by atoms with Crippen molar-refractivity contribution in [3.8, 4) is 0 Å². The van der Waals surface area contributed by atoms with Gasteiger partial charge in [-0.05, 0) is 42.7 Å². The van der Waals surface area contributed by atoms with Crippen LogP contribution < -0.4 is 15.8 Å². The fourth-order valence-electron chi connectivity index (χ4n) is 2.13. The fourth-order valence-corrected chi connectivity index (χ4v) is 3.35. The summed E-state index contributed by atoms with van der Waals surface area (Å²) >= 11 is 0. The van der Waals surface area contributed by atoms with E-state index in [0.29, 0.717) is 19.0 Å². The third kappa shape index (κ3) is 7.86. The number of benzene rings is 2. The number of anilines is 1. The molecule has 0 fully saturated rings. The van der Waals surface area contributed by atoms with Crippen LogP contribution in [-0.2, 0) is 16.6 Å². The highest BCUT2D eigenvalue weighted by Gasteiger charge is 2.13. The molecule has 0 aliphatic rings. The molecule has 4 N–H and O–H groups in total. The maximum absolute atomic E-state index is 12.2. The van der Waals surface area contributed by atoms with Gasteiger partial charge >= 0.3 is 0 Å². The molecule has 0 aliphatic carbocycles. The monoisotopic (exact) mass is 502 g/mol. The minimum atomic E-state index is -3.47. The number of halogens is 1. The number of aryl methyl sites for hydroxylation is 1. The van der Waals surface area contributed by atoms with Gasteiger partial charge in [-0.15, -0.1) is 24.0 Å². The van der Waals surface area contributed by atoms with Gasteiger partial charge in [0.05, 0.1) is 11.4 Å². The Morgan fingerprint density at radius 3 is 2.22 bits per heavy atom. The smallest absolute Gasteiger partial charge is 0.240 e. The molecule has 2 rings (SSSR count). The van der Waals surface area contributed by atoms with Crippen LogP contribution in [0.25, 0.3) is 0 Å². The van der Waals surface area contributed by atoms with Crippen molar-refractivity contribution in [1.29, 1.82) is 0 Å². The van der Waals surface area contributed by atoms with Crippen LogP contribution in [0.5, 0.6) is 0 Å². The summed E-state index contributed by atoms with van der Waals surface area (Å²) in [5, 5.41) is 3.02. The largest absolute Gasteiger partial charge is 0.370 e. The lowest BCUT2D eigenvalue weighted by Gasteiger charge is -2.09. The molecule has 0 atom stereocenters. The topological polar surface area (TPSA) is 96.6 Å². The van der Waals surface area contributed by atoms with Crippen LogP contribution in [-0.4, -0.2) is 20.9 Å². The van der Waals surface area contributed by atoms with Gasteiger partial charge in [0.2, 0.25) is 10.0 Å². The number of nitrogens with zero attached hydrogens (tertiary/aromatic N) is 1. The van der Waals surface area contributed by atoms with E-state index in [-0.39, 0.29) is 34.8 Å². The molecular formula is C19H27IN4O2S. The molecule has 148 valence electrons. The average Bonchev–Trinajstić information content (AvgIpc) is 2.61. The maximum atomic E-state index is 12.2. The van der Waals surface area contributed by atoms with E-state index in [1.165, 1.54) is 5.56 Å². The number of aliphatic imine (C=N–C) groups is 1. The van der Waals surface area contributed by atoms with Gasteiger partial charge < -0.3 is 11.1 Å². The molecule has 27 heavy (non-hydrogen) atoms. The zero-order valence-electron chi connectivity index (χ0n) is 15.8. The van der Waals surface area contributed by atoms with Crippen molar-refractivity contribution in [2.24, 2.45) is 16.6 Å². The first-order valence-corrected chi connectivity index (χ1v) is 9.97. The Morgan fingerprint density at radius 1 is 1.07 bits per heavy atom. The van der Waals surface area contributed by atoms with Crippen molar-refractivity contribution < 1.29 is 8.42 Å². The second kappa shape index (κ2) is 10.6. The van der Waals surface area contributed by atoms with Crippen molar-refractivity contribution >= 4 is 45.6 Å². The van der Waals surface area contributed by atoms with Crippen LogP contribution in [0.3, 0.4) is 0 Å². The summed E-state index contributed by atoms with van der Waals surface area (Å²) in [5.41, 5.74) is 8.81. The highest BCUT2D eigenvalue weighted by molar-refractivity contribution is 14.0. The normalized spacial score (nSPS) is 11.9. The van der Waals surface area contributed by atoms with E-state index in [1.54, 1.807) is 24.3 Å². The molecule has 0 aromatic heterocycles. The zero-order valence-corrected chi connectivity index (χ0v) is 18.9. The van der Waals surface area contributed by atoms with E-state index in [4.69, 9.17) is 5.73 Å². The Hall–Kier alpha value is -1.65. The van der Waals surface area contributed by atoms with Gasteiger partial charge in [-0.3, -0.25) is 0 Å². The minimum Gasteiger partial charge on any atom is -0.370 e. The van der Waals surface area contributed by atoms with E-state index in [0.717, 1.165) is 11.3 Å². The van der Waals surface area contributed by atoms with Crippen LogP contribution in [0, 0.1) is 12.8 Å². The highest BCUT2D eigenvalue weighted by atomic mass is 127. The summed E-state index contributed by atoms with van der Waals surface area (Å²) in [5.74, 6) is 0.562. The van der Waals surface area contributed by atoms with E-state index in [9.17, 15) is 8.42 Å². The number of rotatable bonds is 7. The van der Waals surface area contributed by atoms with Gasteiger partial charge in [0.15, 0.2) is 5.96 Å². The summed E-state index contributed by atoms with van der Waals surface area (Å²) < 4.78 is 26.9. The molecule has 0 heterocycles. The third-order valence-corrected chi connectivity index (χ3v) is 5.11. The number of nitrogens with two attached hydrogens (primary N) is 1. The molecule has 6 nitrogen and oxygen atoms in total. The fraction of sp³-hybridized carbons (Fsp3) is 0.316. The Balaban J connectivity index is 0.00000364. The van der Waals surface area contributed by atoms with Gasteiger partial charge in [0, 0.05) is 12.2 Å². The molecule has 0 spiro atoms. The van der Waals surface area contributed by atoms with E-state index in [2.05, 4.69) is 15.0 Å². The first-order chi connectivity index (χ1) is 12.3. The van der Waals surface area contributed by atoms with E-state index >= 15 is 0 Å². The van der Waals surface area contributed by atoms with Crippen LogP contribution in [0.1, 0.15) is 25.0 Å². The lowest BCUT2D eigenvalue weighted by atomic mass is 10.2. The van der Waals surface area contributed by atoms with Crippen molar-refractivity contribution in [3.05, 3.63) is 59.7 Å². The lowest BCUT2D eigenvalue weighted by molar-refractivity contribution is 0.560. The minimum absolute atomic E-state index is 0. The Kier molecular flexibility index (Phi) is 9.20. The third-order valence-electron chi connectivity index (χ3n) is 3.67. The Labute approximate surface area is 178 Å². The molecule has 0 bridgehead atoms. The summed E-state index contributed by atoms with van der Waals surface area (Å²) in [6.45, 7) is 6.71. The summed E-state index contributed by atoms with van der Waals surface area (Å²) in [6.07, 6.45) is 0. The Bertz CT molecular complexity index is 848. The molecule has 0 saturated carbocycles. The average molecular weight is 502 g/mol. The van der Waals surface area contributed by atoms with Gasteiger partial charge in [0.1, 0.15) is 0 Å². The van der Waals surface area contributed by atoms with Crippen molar-refractivity contribution in [1.82, 2.24) is 4.72 Å². The van der Waals surface area contributed by atoms with Crippen LogP contribution in [0.15, 0.2) is 58.4 Å². The molecule has 0 unspecified atom stereocenters. The van der Waals surface area contributed by atoms with Gasteiger partial charge in [-0.25, -0.2) is 18.1 Å². The SMILES string of the molecule is Cc1ccc(NC(N)=NCc2ccc(S(=O)(=O)NCC(C)C)cc2)cc1.I. The van der Waals surface area contributed by atoms with Crippen molar-refractivity contribution in [3.63, 3.8) is 0 Å². The van der Waals surface area contributed by atoms with Gasteiger partial charge in [-0.2, -0.15) is 0 Å². The molecule has 8 heteroatoms. The second-order valence-corrected chi connectivity index (χ2v) is 8.35. The summed E-state index contributed by atoms with van der Waals surface area (Å²) in [6, 6.07) is 14.5. The zero-order chi connectivity index (χ0) is 19.2. The lowest BCUT2D eigenvalue weighted by Crippen LogP contribution is -2.27. The molecule has 0 saturated heterocycles. The predicted octanol–water partition coefficient (Wildman–Crippen LogP) is 3.47. The number of guanidine groups is 1. The van der Waals surface area contributed by atoms with Crippen molar-refractivity contribution in [2.75, 3.05) is 11.9 Å². The number of sulfonamides is 1.